The molecule has 0 aliphatic heterocycles. The molecule has 2 fully saturated rings. The van der Waals surface area contributed by atoms with Crippen molar-refractivity contribution in [2.24, 2.45) is 20.9 Å². The van der Waals surface area contributed by atoms with Crippen LogP contribution in [0.4, 0.5) is 0 Å². The van der Waals surface area contributed by atoms with Crippen molar-refractivity contribution in [2.45, 2.75) is 75.4 Å². The SMILES string of the molecule is O=C=NC1(CC2CCCCC2)CCCCC1(N=C=O)N=C=O. The zero-order valence-corrected chi connectivity index (χ0v) is 12.7. The van der Waals surface area contributed by atoms with E-state index in [1.165, 1.54) is 18.6 Å². The van der Waals surface area contributed by atoms with Crippen molar-refractivity contribution in [2.75, 3.05) is 0 Å². The van der Waals surface area contributed by atoms with Crippen molar-refractivity contribution in [1.29, 1.82) is 0 Å². The predicted octanol–water partition coefficient (Wildman–Crippen LogP) is 2.97. The Balaban J connectivity index is 2.44. The van der Waals surface area contributed by atoms with Gasteiger partial charge >= 0.3 is 0 Å². The number of aliphatic imine (C=N–C) groups is 3. The number of rotatable bonds is 5. The zero-order chi connectivity index (χ0) is 15.9. The van der Waals surface area contributed by atoms with Crippen molar-refractivity contribution in [1.82, 2.24) is 0 Å². The van der Waals surface area contributed by atoms with E-state index in [1.807, 2.05) is 0 Å². The van der Waals surface area contributed by atoms with Gasteiger partial charge in [-0.2, -0.15) is 15.0 Å². The van der Waals surface area contributed by atoms with Crippen LogP contribution in [0.15, 0.2) is 15.0 Å². The quantitative estimate of drug-likeness (QED) is 0.577. The molecule has 0 aromatic rings. The largest absolute Gasteiger partial charge is 0.237 e. The van der Waals surface area contributed by atoms with Crippen LogP contribution in [0, 0.1) is 5.92 Å². The first-order chi connectivity index (χ1) is 10.7. The molecule has 118 valence electrons. The van der Waals surface area contributed by atoms with E-state index in [0.29, 0.717) is 25.2 Å². The van der Waals surface area contributed by atoms with Crippen LogP contribution in [0.25, 0.3) is 0 Å². The Kier molecular flexibility index (Phi) is 5.57. The van der Waals surface area contributed by atoms with Gasteiger partial charge in [0.05, 0.1) is 0 Å². The molecule has 0 aromatic carbocycles. The Bertz CT molecular complexity index is 519. The van der Waals surface area contributed by atoms with Gasteiger partial charge in [-0.15, -0.1) is 0 Å². The molecule has 0 radical (unpaired) electrons. The summed E-state index contributed by atoms with van der Waals surface area (Å²) in [6.45, 7) is 0. The molecule has 1 unspecified atom stereocenters. The molecule has 2 saturated carbocycles. The molecule has 2 aliphatic carbocycles. The van der Waals surface area contributed by atoms with Gasteiger partial charge in [-0.25, -0.2) is 14.4 Å². The molecule has 0 amide bonds. The van der Waals surface area contributed by atoms with Crippen molar-refractivity contribution >= 4 is 18.2 Å². The summed E-state index contributed by atoms with van der Waals surface area (Å²) in [6.07, 6.45) is 13.6. The summed E-state index contributed by atoms with van der Waals surface area (Å²) < 4.78 is 0. The minimum atomic E-state index is -1.33. The van der Waals surface area contributed by atoms with Gasteiger partial charge in [0.25, 0.3) is 0 Å². The third-order valence-corrected chi connectivity index (χ3v) is 5.18. The predicted molar refractivity (Wildman–Crippen MR) is 79.5 cm³/mol. The average Bonchev–Trinajstić information content (AvgIpc) is 2.52. The third kappa shape index (κ3) is 3.15. The molecular weight excluding hydrogens is 282 g/mol. The lowest BCUT2D eigenvalue weighted by molar-refractivity contribution is 0.117. The Morgan fingerprint density at radius 2 is 1.36 bits per heavy atom. The molecule has 22 heavy (non-hydrogen) atoms. The number of hydrogen-bond acceptors (Lipinski definition) is 6. The monoisotopic (exact) mass is 303 g/mol. The van der Waals surface area contributed by atoms with Crippen LogP contribution in [-0.4, -0.2) is 29.4 Å². The van der Waals surface area contributed by atoms with Crippen LogP contribution in [0.5, 0.6) is 0 Å². The number of hydrogen-bond donors (Lipinski definition) is 0. The summed E-state index contributed by atoms with van der Waals surface area (Å²) in [5.41, 5.74) is -2.28. The summed E-state index contributed by atoms with van der Waals surface area (Å²) in [5, 5.41) is 0. The second kappa shape index (κ2) is 7.42. The Hall–Kier alpha value is -1.86. The fraction of sp³-hybridized carbons (Fsp3) is 0.812. The van der Waals surface area contributed by atoms with Gasteiger partial charge < -0.3 is 0 Å². The smallest absolute Gasteiger partial charge is 0.211 e. The maximum absolute atomic E-state index is 11.0. The van der Waals surface area contributed by atoms with Crippen molar-refractivity contribution < 1.29 is 14.4 Å². The first kappa shape index (κ1) is 16.5. The van der Waals surface area contributed by atoms with Crippen molar-refractivity contribution in [3.8, 4) is 0 Å². The van der Waals surface area contributed by atoms with Crippen LogP contribution < -0.4 is 0 Å². The highest BCUT2D eigenvalue weighted by Gasteiger charge is 2.55. The van der Waals surface area contributed by atoms with Gasteiger partial charge in [0.2, 0.25) is 18.2 Å². The molecule has 1 atom stereocenters. The van der Waals surface area contributed by atoms with Crippen molar-refractivity contribution in [3.05, 3.63) is 0 Å². The van der Waals surface area contributed by atoms with E-state index in [2.05, 4.69) is 15.0 Å². The first-order valence-electron chi connectivity index (χ1n) is 7.99. The Morgan fingerprint density at radius 3 is 1.95 bits per heavy atom. The van der Waals surface area contributed by atoms with E-state index in [9.17, 15) is 14.4 Å². The number of nitrogens with zero attached hydrogens (tertiary/aromatic N) is 3. The van der Waals surface area contributed by atoms with Crippen molar-refractivity contribution in [3.63, 3.8) is 0 Å². The lowest BCUT2D eigenvalue weighted by atomic mass is 9.67. The summed E-state index contributed by atoms with van der Waals surface area (Å²) in [4.78, 5) is 44.6. The average molecular weight is 303 g/mol. The number of isocyanates is 3. The van der Waals surface area contributed by atoms with Gasteiger partial charge in [0.1, 0.15) is 5.54 Å². The maximum atomic E-state index is 11.0. The molecule has 0 heterocycles. The van der Waals surface area contributed by atoms with Crippen LogP contribution in [-0.2, 0) is 14.4 Å². The maximum Gasteiger partial charge on any atom is 0.237 e. The lowest BCUT2D eigenvalue weighted by Crippen LogP contribution is -2.53. The highest BCUT2D eigenvalue weighted by Crippen LogP contribution is 2.48. The minimum absolute atomic E-state index is 0.409. The van der Waals surface area contributed by atoms with Gasteiger partial charge in [0.15, 0.2) is 5.66 Å². The molecular formula is C16H21N3O3. The van der Waals surface area contributed by atoms with Gasteiger partial charge in [-0.1, -0.05) is 38.5 Å². The van der Waals surface area contributed by atoms with Crippen LogP contribution in [0.1, 0.15) is 64.2 Å². The molecule has 6 heteroatoms. The second-order valence-electron chi connectivity index (χ2n) is 6.37. The topological polar surface area (TPSA) is 88.3 Å². The number of carbonyl (C=O) groups excluding carboxylic acids is 3. The molecule has 0 spiro atoms. The van der Waals surface area contributed by atoms with Crippen LogP contribution in [0.2, 0.25) is 0 Å². The summed E-state index contributed by atoms with van der Waals surface area (Å²) in [6, 6.07) is 0. The minimum Gasteiger partial charge on any atom is -0.211 e. The highest BCUT2D eigenvalue weighted by atomic mass is 16.1. The summed E-state index contributed by atoms with van der Waals surface area (Å²) >= 11 is 0. The molecule has 0 aromatic heterocycles. The molecule has 0 bridgehead atoms. The first-order valence-corrected chi connectivity index (χ1v) is 7.99. The van der Waals surface area contributed by atoms with Crippen LogP contribution in [0.3, 0.4) is 0 Å². The standard InChI is InChI=1S/C16H21N3O3/c20-11-17-15(10-14-6-2-1-3-7-14)8-4-5-9-16(15,18-12-21)19-13-22/h14H,1-10H2. The summed E-state index contributed by atoms with van der Waals surface area (Å²) in [7, 11) is 0. The fourth-order valence-corrected chi connectivity index (χ4v) is 4.13. The molecule has 0 N–H and O–H groups in total. The van der Waals surface area contributed by atoms with Crippen LogP contribution >= 0.6 is 0 Å². The zero-order valence-electron chi connectivity index (χ0n) is 12.7. The van der Waals surface area contributed by atoms with E-state index < -0.39 is 11.2 Å². The fourth-order valence-electron chi connectivity index (χ4n) is 4.13. The Morgan fingerprint density at radius 1 is 0.773 bits per heavy atom. The van der Waals surface area contributed by atoms with E-state index in [-0.39, 0.29) is 0 Å². The van der Waals surface area contributed by atoms with E-state index >= 15 is 0 Å². The van der Waals surface area contributed by atoms with E-state index in [4.69, 9.17) is 0 Å². The summed E-state index contributed by atoms with van der Waals surface area (Å²) in [5.74, 6) is 0.409. The van der Waals surface area contributed by atoms with Gasteiger partial charge in [-0.3, -0.25) is 0 Å². The molecule has 0 saturated heterocycles. The van der Waals surface area contributed by atoms with Gasteiger partial charge in [-0.05, 0) is 31.6 Å². The lowest BCUT2D eigenvalue weighted by Gasteiger charge is -2.45. The van der Waals surface area contributed by atoms with Gasteiger partial charge in [0, 0.05) is 0 Å². The van der Waals surface area contributed by atoms with E-state index in [1.54, 1.807) is 6.08 Å². The molecule has 2 aliphatic rings. The molecule has 6 nitrogen and oxygen atoms in total. The highest BCUT2D eigenvalue weighted by molar-refractivity contribution is 5.44. The molecule has 2 rings (SSSR count). The second-order valence-corrected chi connectivity index (χ2v) is 6.37. The third-order valence-electron chi connectivity index (χ3n) is 5.18. The Labute approximate surface area is 129 Å². The normalized spacial score (nSPS) is 32.2. The van der Waals surface area contributed by atoms with E-state index in [0.717, 1.165) is 38.5 Å².